The largest absolute Gasteiger partial charge is 0.379 e. The molecule has 0 aliphatic carbocycles. The average molecular weight is 431 g/mol. The number of nitrogens with one attached hydrogen (secondary N) is 1. The van der Waals surface area contributed by atoms with Gasteiger partial charge >= 0.3 is 0 Å². The fourth-order valence-corrected chi connectivity index (χ4v) is 4.00. The summed E-state index contributed by atoms with van der Waals surface area (Å²) in [5.41, 5.74) is 3.15. The maximum absolute atomic E-state index is 13.0. The molecule has 5 nitrogen and oxygen atoms in total. The lowest BCUT2D eigenvalue weighted by Gasteiger charge is -2.31. The molecule has 0 radical (unpaired) electrons. The van der Waals surface area contributed by atoms with E-state index in [0.717, 1.165) is 49.5 Å². The summed E-state index contributed by atoms with van der Waals surface area (Å²) in [5, 5.41) is 3.19. The second kappa shape index (κ2) is 11.6. The molecular weight excluding hydrogens is 400 g/mol. The van der Waals surface area contributed by atoms with Gasteiger partial charge < -0.3 is 14.8 Å². The summed E-state index contributed by atoms with van der Waals surface area (Å²) in [7, 11) is 0. The fourth-order valence-electron chi connectivity index (χ4n) is 4.00. The quantitative estimate of drug-likeness (QED) is 0.558. The van der Waals surface area contributed by atoms with Crippen molar-refractivity contribution < 1.29 is 14.3 Å². The number of amides is 1. The molecule has 166 valence electrons. The number of carbonyl (C=O) groups is 1. The number of rotatable bonds is 9. The van der Waals surface area contributed by atoms with Crippen molar-refractivity contribution in [1.82, 2.24) is 10.2 Å². The Kier molecular flexibility index (Phi) is 8.04. The minimum Gasteiger partial charge on any atom is -0.379 e. The van der Waals surface area contributed by atoms with Crippen LogP contribution in [-0.2, 0) is 14.3 Å². The Morgan fingerprint density at radius 2 is 1.31 bits per heavy atom. The summed E-state index contributed by atoms with van der Waals surface area (Å²) in [6.07, 6.45) is -0.294. The summed E-state index contributed by atoms with van der Waals surface area (Å²) in [6, 6.07) is 30.0. The van der Waals surface area contributed by atoms with Crippen LogP contribution in [0.4, 0.5) is 0 Å². The molecule has 0 aromatic heterocycles. The van der Waals surface area contributed by atoms with Crippen LogP contribution in [0.3, 0.4) is 0 Å². The topological polar surface area (TPSA) is 50.8 Å². The predicted octanol–water partition coefficient (Wildman–Crippen LogP) is 3.98. The highest BCUT2D eigenvalue weighted by atomic mass is 16.5. The monoisotopic (exact) mass is 430 g/mol. The molecule has 1 amide bonds. The molecule has 1 heterocycles. The highest BCUT2D eigenvalue weighted by Gasteiger charge is 2.21. The molecule has 1 N–H and O–H groups in total. The molecule has 1 fully saturated rings. The molecule has 1 unspecified atom stereocenters. The molecule has 5 heteroatoms. The Morgan fingerprint density at radius 1 is 0.812 bits per heavy atom. The zero-order chi connectivity index (χ0) is 22.0. The van der Waals surface area contributed by atoms with Gasteiger partial charge in [0.25, 0.3) is 0 Å². The fraction of sp³-hybridized carbons (Fsp3) is 0.296. The lowest BCUT2D eigenvalue weighted by molar-refractivity contribution is -0.128. The minimum absolute atomic E-state index is 0.0130. The lowest BCUT2D eigenvalue weighted by atomic mass is 10.0. The maximum atomic E-state index is 13.0. The van der Waals surface area contributed by atoms with Gasteiger partial charge in [-0.1, -0.05) is 91.0 Å². The normalized spacial score (nSPS) is 15.4. The molecule has 0 saturated carbocycles. The third kappa shape index (κ3) is 6.26. The van der Waals surface area contributed by atoms with Gasteiger partial charge in [-0.15, -0.1) is 0 Å². The lowest BCUT2D eigenvalue weighted by Crippen LogP contribution is -2.43. The number of benzene rings is 3. The van der Waals surface area contributed by atoms with Crippen LogP contribution in [0.25, 0.3) is 0 Å². The Balaban J connectivity index is 1.43. The van der Waals surface area contributed by atoms with Crippen molar-refractivity contribution in [2.75, 3.05) is 39.5 Å². The molecule has 1 aliphatic rings. The molecule has 3 aromatic carbocycles. The second-order valence-corrected chi connectivity index (χ2v) is 7.96. The first kappa shape index (κ1) is 22.2. The van der Waals surface area contributed by atoms with E-state index in [1.807, 2.05) is 78.9 Å². The van der Waals surface area contributed by atoms with E-state index in [1.165, 1.54) is 0 Å². The van der Waals surface area contributed by atoms with E-state index in [0.29, 0.717) is 0 Å². The Hall–Kier alpha value is -2.99. The molecule has 1 aliphatic heterocycles. The van der Waals surface area contributed by atoms with Crippen molar-refractivity contribution in [1.29, 1.82) is 0 Å². The molecule has 0 bridgehead atoms. The van der Waals surface area contributed by atoms with Gasteiger partial charge in [-0.3, -0.25) is 9.69 Å². The molecule has 32 heavy (non-hydrogen) atoms. The zero-order valence-corrected chi connectivity index (χ0v) is 18.2. The molecule has 0 spiro atoms. The van der Waals surface area contributed by atoms with Gasteiger partial charge in [0.1, 0.15) is 12.7 Å². The van der Waals surface area contributed by atoms with Crippen LogP contribution in [0.2, 0.25) is 0 Å². The Labute approximate surface area is 190 Å². The van der Waals surface area contributed by atoms with Crippen molar-refractivity contribution in [3.05, 3.63) is 108 Å². The summed E-state index contributed by atoms with van der Waals surface area (Å²) in [5.74, 6) is -0.121. The molecule has 1 atom stereocenters. The summed E-state index contributed by atoms with van der Waals surface area (Å²) in [6.45, 7) is 3.95. The SMILES string of the molecule is O=C(COC(c1ccccc1)c1ccccc1)NC(CN1CCOCC1)c1ccccc1. The van der Waals surface area contributed by atoms with Crippen molar-refractivity contribution in [3.63, 3.8) is 0 Å². The zero-order valence-electron chi connectivity index (χ0n) is 18.2. The first-order chi connectivity index (χ1) is 15.8. The van der Waals surface area contributed by atoms with E-state index < -0.39 is 0 Å². The third-order valence-corrected chi connectivity index (χ3v) is 5.67. The van der Waals surface area contributed by atoms with Gasteiger partial charge in [0.05, 0.1) is 19.3 Å². The van der Waals surface area contributed by atoms with Crippen molar-refractivity contribution in [3.8, 4) is 0 Å². The Morgan fingerprint density at radius 3 is 1.84 bits per heavy atom. The van der Waals surface area contributed by atoms with Crippen LogP contribution >= 0.6 is 0 Å². The van der Waals surface area contributed by atoms with Crippen LogP contribution in [-0.4, -0.2) is 50.3 Å². The highest BCUT2D eigenvalue weighted by molar-refractivity contribution is 5.77. The standard InChI is InChI=1S/C27H30N2O3/c30-26(21-32-27(23-12-6-2-7-13-23)24-14-8-3-9-15-24)28-25(22-10-4-1-5-11-22)20-29-16-18-31-19-17-29/h1-15,25,27H,16-21H2,(H,28,30). The smallest absolute Gasteiger partial charge is 0.246 e. The number of hydrogen-bond donors (Lipinski definition) is 1. The van der Waals surface area contributed by atoms with Crippen LogP contribution in [0.5, 0.6) is 0 Å². The highest BCUT2D eigenvalue weighted by Crippen LogP contribution is 2.25. The van der Waals surface area contributed by atoms with E-state index >= 15 is 0 Å². The molecule has 4 rings (SSSR count). The molecule has 1 saturated heterocycles. The second-order valence-electron chi connectivity index (χ2n) is 7.96. The van der Waals surface area contributed by atoms with Crippen LogP contribution in [0, 0.1) is 0 Å². The van der Waals surface area contributed by atoms with E-state index in [9.17, 15) is 4.79 Å². The maximum Gasteiger partial charge on any atom is 0.246 e. The van der Waals surface area contributed by atoms with Crippen LogP contribution < -0.4 is 5.32 Å². The van der Waals surface area contributed by atoms with Crippen molar-refractivity contribution >= 4 is 5.91 Å². The van der Waals surface area contributed by atoms with Crippen LogP contribution in [0.1, 0.15) is 28.8 Å². The van der Waals surface area contributed by atoms with Gasteiger partial charge in [-0.2, -0.15) is 0 Å². The summed E-state index contributed by atoms with van der Waals surface area (Å²) in [4.78, 5) is 15.3. The number of nitrogens with zero attached hydrogens (tertiary/aromatic N) is 1. The Bertz CT molecular complexity index is 905. The molecule has 3 aromatic rings. The van der Waals surface area contributed by atoms with E-state index in [-0.39, 0.29) is 24.7 Å². The van der Waals surface area contributed by atoms with Gasteiger partial charge in [0, 0.05) is 19.6 Å². The number of ether oxygens (including phenoxy) is 2. The predicted molar refractivity (Wildman–Crippen MR) is 125 cm³/mol. The van der Waals surface area contributed by atoms with Crippen molar-refractivity contribution in [2.45, 2.75) is 12.1 Å². The van der Waals surface area contributed by atoms with Crippen molar-refractivity contribution in [2.24, 2.45) is 0 Å². The number of morpholine rings is 1. The van der Waals surface area contributed by atoms with Gasteiger partial charge in [0.2, 0.25) is 5.91 Å². The van der Waals surface area contributed by atoms with Gasteiger partial charge in [-0.25, -0.2) is 0 Å². The average Bonchev–Trinajstić information content (AvgIpc) is 2.86. The third-order valence-electron chi connectivity index (χ3n) is 5.67. The van der Waals surface area contributed by atoms with E-state index in [4.69, 9.17) is 9.47 Å². The van der Waals surface area contributed by atoms with Crippen LogP contribution in [0.15, 0.2) is 91.0 Å². The first-order valence-electron chi connectivity index (χ1n) is 11.2. The number of carbonyl (C=O) groups excluding carboxylic acids is 1. The number of hydrogen-bond acceptors (Lipinski definition) is 4. The summed E-state index contributed by atoms with van der Waals surface area (Å²) >= 11 is 0. The molecular formula is C27H30N2O3. The van der Waals surface area contributed by atoms with E-state index in [1.54, 1.807) is 0 Å². The minimum atomic E-state index is -0.294. The van der Waals surface area contributed by atoms with E-state index in [2.05, 4.69) is 22.3 Å². The summed E-state index contributed by atoms with van der Waals surface area (Å²) < 4.78 is 11.6. The first-order valence-corrected chi connectivity index (χ1v) is 11.2. The van der Waals surface area contributed by atoms with Gasteiger partial charge in [-0.05, 0) is 16.7 Å². The van der Waals surface area contributed by atoms with Gasteiger partial charge in [0.15, 0.2) is 0 Å².